The lowest BCUT2D eigenvalue weighted by atomic mass is 9.85. The van der Waals surface area contributed by atoms with Gasteiger partial charge in [-0.3, -0.25) is 4.79 Å². The second kappa shape index (κ2) is 5.15. The average molecular weight is 182 g/mol. The lowest BCUT2D eigenvalue weighted by Gasteiger charge is -2.19. The highest BCUT2D eigenvalue weighted by Gasteiger charge is 2.20. The molecule has 0 unspecified atom stereocenters. The summed E-state index contributed by atoms with van der Waals surface area (Å²) in [5, 5.41) is 0. The van der Waals surface area contributed by atoms with Gasteiger partial charge in [-0.15, -0.1) is 0 Å². The van der Waals surface area contributed by atoms with Crippen molar-refractivity contribution in [2.75, 3.05) is 0 Å². The van der Waals surface area contributed by atoms with Crippen molar-refractivity contribution in [3.63, 3.8) is 0 Å². The molecule has 0 amide bonds. The van der Waals surface area contributed by atoms with Crippen molar-refractivity contribution in [3.8, 4) is 0 Å². The maximum atomic E-state index is 11.6. The van der Waals surface area contributed by atoms with Crippen molar-refractivity contribution < 1.29 is 9.59 Å². The highest BCUT2D eigenvalue weighted by atomic mass is 16.1. The minimum absolute atomic E-state index is 0.129. The number of ketones is 2. The number of hydrogen-bond donors (Lipinski definition) is 0. The summed E-state index contributed by atoms with van der Waals surface area (Å²) >= 11 is 0. The second-order valence-electron chi connectivity index (χ2n) is 4.00. The Labute approximate surface area is 79.7 Å². The van der Waals surface area contributed by atoms with Crippen molar-refractivity contribution in [1.82, 2.24) is 0 Å². The molecule has 1 saturated carbocycles. The Bertz CT molecular complexity index is 190. The molecule has 1 rings (SSSR count). The van der Waals surface area contributed by atoms with Crippen LogP contribution in [-0.4, -0.2) is 11.6 Å². The quantitative estimate of drug-likeness (QED) is 0.669. The molecule has 2 nitrogen and oxygen atoms in total. The third kappa shape index (κ3) is 3.71. The van der Waals surface area contributed by atoms with Gasteiger partial charge < -0.3 is 4.79 Å². The van der Waals surface area contributed by atoms with Gasteiger partial charge in [-0.25, -0.2) is 0 Å². The molecule has 1 aliphatic rings. The fraction of sp³-hybridized carbons (Fsp3) is 0.818. The summed E-state index contributed by atoms with van der Waals surface area (Å²) in [6, 6.07) is 0. The summed E-state index contributed by atoms with van der Waals surface area (Å²) in [4.78, 5) is 22.2. The minimum Gasteiger partial charge on any atom is -0.300 e. The third-order valence-corrected chi connectivity index (χ3v) is 2.78. The van der Waals surface area contributed by atoms with E-state index < -0.39 is 0 Å². The van der Waals surface area contributed by atoms with E-state index in [-0.39, 0.29) is 11.7 Å². The van der Waals surface area contributed by atoms with E-state index in [9.17, 15) is 9.59 Å². The largest absolute Gasteiger partial charge is 0.300 e. The van der Waals surface area contributed by atoms with Crippen LogP contribution in [0.5, 0.6) is 0 Å². The summed E-state index contributed by atoms with van der Waals surface area (Å²) in [6.07, 6.45) is 6.67. The molecule has 0 bridgehead atoms. The van der Waals surface area contributed by atoms with Gasteiger partial charge in [0.05, 0.1) is 0 Å². The van der Waals surface area contributed by atoms with E-state index in [1.54, 1.807) is 6.92 Å². The van der Waals surface area contributed by atoms with E-state index in [4.69, 9.17) is 0 Å². The molecule has 0 saturated heterocycles. The minimum atomic E-state index is 0.129. The molecule has 0 N–H and O–H groups in total. The van der Waals surface area contributed by atoms with Crippen molar-refractivity contribution in [1.29, 1.82) is 0 Å². The van der Waals surface area contributed by atoms with Gasteiger partial charge in [0.2, 0.25) is 0 Å². The van der Waals surface area contributed by atoms with Crippen LogP contribution >= 0.6 is 0 Å². The van der Waals surface area contributed by atoms with Gasteiger partial charge in [-0.05, 0) is 19.8 Å². The summed E-state index contributed by atoms with van der Waals surface area (Å²) in [5.74, 6) is 0.715. The highest BCUT2D eigenvalue weighted by Crippen LogP contribution is 2.25. The molecule has 0 spiro atoms. The number of carbonyl (C=O) groups excluding carboxylic acids is 2. The first kappa shape index (κ1) is 10.4. The number of Topliss-reactive ketones (excluding diaryl/α,β-unsaturated/α-hetero) is 2. The molecular formula is C11H18O2. The van der Waals surface area contributed by atoms with Crippen LogP contribution in [0.2, 0.25) is 0 Å². The van der Waals surface area contributed by atoms with E-state index in [0.717, 1.165) is 12.8 Å². The first-order valence-corrected chi connectivity index (χ1v) is 5.22. The topological polar surface area (TPSA) is 34.1 Å². The van der Waals surface area contributed by atoms with Crippen molar-refractivity contribution in [2.45, 2.75) is 51.9 Å². The lowest BCUT2D eigenvalue weighted by Crippen LogP contribution is -2.18. The smallest absolute Gasteiger partial charge is 0.136 e. The van der Waals surface area contributed by atoms with Crippen LogP contribution in [0, 0.1) is 5.92 Å². The van der Waals surface area contributed by atoms with E-state index in [1.165, 1.54) is 19.3 Å². The van der Waals surface area contributed by atoms with E-state index in [1.807, 2.05) is 0 Å². The highest BCUT2D eigenvalue weighted by molar-refractivity contribution is 5.86. The molecule has 74 valence electrons. The number of carbonyl (C=O) groups is 2. The van der Waals surface area contributed by atoms with Gasteiger partial charge in [0.15, 0.2) is 0 Å². The SMILES string of the molecule is CC(=O)CCC(=O)C1CCCCC1. The molecule has 0 atom stereocenters. The molecule has 0 aliphatic heterocycles. The molecule has 0 aromatic carbocycles. The summed E-state index contributed by atoms with van der Waals surface area (Å²) < 4.78 is 0. The van der Waals surface area contributed by atoms with E-state index >= 15 is 0 Å². The lowest BCUT2D eigenvalue weighted by molar-refractivity contribution is -0.126. The molecule has 0 aromatic heterocycles. The zero-order valence-electron chi connectivity index (χ0n) is 8.34. The van der Waals surface area contributed by atoms with Crippen LogP contribution in [0.15, 0.2) is 0 Å². The molecule has 0 heterocycles. The van der Waals surface area contributed by atoms with Crippen LogP contribution in [0.25, 0.3) is 0 Å². The normalized spacial score (nSPS) is 18.5. The first-order chi connectivity index (χ1) is 6.20. The van der Waals surface area contributed by atoms with Crippen LogP contribution in [-0.2, 0) is 9.59 Å². The van der Waals surface area contributed by atoms with Gasteiger partial charge >= 0.3 is 0 Å². The third-order valence-electron chi connectivity index (χ3n) is 2.78. The molecular weight excluding hydrogens is 164 g/mol. The Morgan fingerprint density at radius 1 is 1.08 bits per heavy atom. The summed E-state index contributed by atoms with van der Waals surface area (Å²) in [7, 11) is 0. The number of hydrogen-bond acceptors (Lipinski definition) is 2. The van der Waals surface area contributed by atoms with E-state index in [0.29, 0.717) is 18.6 Å². The standard InChI is InChI=1S/C11H18O2/c1-9(12)7-8-11(13)10-5-3-2-4-6-10/h10H,2-8H2,1H3. The van der Waals surface area contributed by atoms with Crippen molar-refractivity contribution in [3.05, 3.63) is 0 Å². The zero-order valence-corrected chi connectivity index (χ0v) is 8.34. The maximum Gasteiger partial charge on any atom is 0.136 e. The molecule has 2 heteroatoms. The zero-order chi connectivity index (χ0) is 9.68. The van der Waals surface area contributed by atoms with Crippen molar-refractivity contribution >= 4 is 11.6 Å². The predicted molar refractivity (Wildman–Crippen MR) is 51.5 cm³/mol. The summed E-state index contributed by atoms with van der Waals surface area (Å²) in [5.41, 5.74) is 0. The van der Waals surface area contributed by atoms with Crippen LogP contribution in [0.1, 0.15) is 51.9 Å². The van der Waals surface area contributed by atoms with Crippen LogP contribution in [0.3, 0.4) is 0 Å². The number of rotatable bonds is 4. The van der Waals surface area contributed by atoms with Gasteiger partial charge in [0, 0.05) is 18.8 Å². The molecule has 0 radical (unpaired) electrons. The molecule has 1 aliphatic carbocycles. The van der Waals surface area contributed by atoms with Gasteiger partial charge in [0.25, 0.3) is 0 Å². The Balaban J connectivity index is 2.25. The molecule has 1 fully saturated rings. The second-order valence-corrected chi connectivity index (χ2v) is 4.00. The van der Waals surface area contributed by atoms with Gasteiger partial charge in [-0.2, -0.15) is 0 Å². The van der Waals surface area contributed by atoms with Crippen LogP contribution < -0.4 is 0 Å². The Hall–Kier alpha value is -0.660. The van der Waals surface area contributed by atoms with Gasteiger partial charge in [0.1, 0.15) is 11.6 Å². The first-order valence-electron chi connectivity index (χ1n) is 5.22. The fourth-order valence-electron chi connectivity index (χ4n) is 1.93. The monoisotopic (exact) mass is 182 g/mol. The van der Waals surface area contributed by atoms with Gasteiger partial charge in [-0.1, -0.05) is 19.3 Å². The Kier molecular flexibility index (Phi) is 4.13. The fourth-order valence-corrected chi connectivity index (χ4v) is 1.93. The van der Waals surface area contributed by atoms with Crippen LogP contribution in [0.4, 0.5) is 0 Å². The molecule has 0 aromatic rings. The Morgan fingerprint density at radius 2 is 1.69 bits per heavy atom. The Morgan fingerprint density at radius 3 is 2.23 bits per heavy atom. The molecule has 13 heavy (non-hydrogen) atoms. The van der Waals surface area contributed by atoms with E-state index in [2.05, 4.69) is 0 Å². The van der Waals surface area contributed by atoms with Crippen molar-refractivity contribution in [2.24, 2.45) is 5.92 Å². The summed E-state index contributed by atoms with van der Waals surface area (Å²) in [6.45, 7) is 1.55. The average Bonchev–Trinajstić information content (AvgIpc) is 2.15. The maximum absolute atomic E-state index is 11.6. The predicted octanol–water partition coefficient (Wildman–Crippen LogP) is 2.51.